The van der Waals surface area contributed by atoms with E-state index in [0.717, 1.165) is 25.5 Å². The molecule has 5 nitrogen and oxygen atoms in total. The molecule has 16 heavy (non-hydrogen) atoms. The van der Waals surface area contributed by atoms with Crippen molar-refractivity contribution < 1.29 is 4.74 Å². The van der Waals surface area contributed by atoms with Gasteiger partial charge in [-0.1, -0.05) is 0 Å². The lowest BCUT2D eigenvalue weighted by Gasteiger charge is -2.20. The molecular formula is C11H18N4O. The highest BCUT2D eigenvalue weighted by Gasteiger charge is 2.17. The smallest absolute Gasteiger partial charge is 0.233 e. The van der Waals surface area contributed by atoms with E-state index in [2.05, 4.69) is 27.5 Å². The van der Waals surface area contributed by atoms with Crippen molar-refractivity contribution in [3.8, 4) is 5.88 Å². The molecule has 2 heterocycles. The first-order valence-electron chi connectivity index (χ1n) is 5.59. The third-order valence-corrected chi connectivity index (χ3v) is 2.92. The van der Waals surface area contributed by atoms with E-state index in [4.69, 9.17) is 4.74 Å². The fraction of sp³-hybridized carbons (Fsp3) is 0.636. The van der Waals surface area contributed by atoms with Gasteiger partial charge in [0.1, 0.15) is 0 Å². The molecule has 0 bridgehead atoms. The Labute approximate surface area is 95.8 Å². The Morgan fingerprint density at radius 1 is 1.50 bits per heavy atom. The number of hydrogen-bond donors (Lipinski definition) is 1. The summed E-state index contributed by atoms with van der Waals surface area (Å²) in [6.45, 7) is 3.26. The highest BCUT2D eigenvalue weighted by Crippen LogP contribution is 2.15. The molecule has 0 aliphatic carbocycles. The molecule has 1 N–H and O–H groups in total. The van der Waals surface area contributed by atoms with E-state index < -0.39 is 0 Å². The Balaban J connectivity index is 1.94. The van der Waals surface area contributed by atoms with E-state index >= 15 is 0 Å². The van der Waals surface area contributed by atoms with Crippen LogP contribution in [0, 0.1) is 5.92 Å². The van der Waals surface area contributed by atoms with Crippen LogP contribution in [0.5, 0.6) is 5.88 Å². The van der Waals surface area contributed by atoms with E-state index in [1.54, 1.807) is 7.11 Å². The van der Waals surface area contributed by atoms with Gasteiger partial charge in [-0.25, -0.2) is 0 Å². The van der Waals surface area contributed by atoms with Crippen molar-refractivity contribution >= 4 is 5.82 Å². The monoisotopic (exact) mass is 222 g/mol. The Bertz CT molecular complexity index is 321. The number of nitrogens with zero attached hydrogens (tertiary/aromatic N) is 3. The van der Waals surface area contributed by atoms with Crippen LogP contribution >= 0.6 is 0 Å². The molecule has 1 saturated heterocycles. The maximum atomic E-state index is 4.98. The number of methoxy groups -OCH3 is 1. The summed E-state index contributed by atoms with van der Waals surface area (Å²) in [6, 6.07) is 3.78. The topological polar surface area (TPSA) is 50.3 Å². The minimum absolute atomic E-state index is 0.555. The van der Waals surface area contributed by atoms with Crippen LogP contribution in [-0.4, -0.2) is 44.0 Å². The normalized spacial score (nSPS) is 19.8. The highest BCUT2D eigenvalue weighted by atomic mass is 16.5. The number of hydrogen-bond acceptors (Lipinski definition) is 5. The van der Waals surface area contributed by atoms with Gasteiger partial charge in [0, 0.05) is 19.7 Å². The molecule has 0 aromatic carbocycles. The molecule has 0 saturated carbocycles. The van der Waals surface area contributed by atoms with Gasteiger partial charge in [-0.05, 0) is 31.5 Å². The van der Waals surface area contributed by atoms with Crippen LogP contribution < -0.4 is 15.0 Å². The summed E-state index contributed by atoms with van der Waals surface area (Å²) in [5.41, 5.74) is 0. The molecule has 1 unspecified atom stereocenters. The fourth-order valence-electron chi connectivity index (χ4n) is 1.98. The average molecular weight is 222 g/mol. The number of anilines is 1. The number of ether oxygens (including phenoxy) is 1. The third-order valence-electron chi connectivity index (χ3n) is 2.92. The van der Waals surface area contributed by atoms with Crippen molar-refractivity contribution in [2.24, 2.45) is 5.92 Å². The molecule has 1 atom stereocenters. The van der Waals surface area contributed by atoms with Gasteiger partial charge in [-0.3, -0.25) is 0 Å². The quantitative estimate of drug-likeness (QED) is 0.805. The average Bonchev–Trinajstić information content (AvgIpc) is 2.82. The lowest BCUT2D eigenvalue weighted by atomic mass is 10.1. The molecule has 0 radical (unpaired) electrons. The Kier molecular flexibility index (Phi) is 3.56. The van der Waals surface area contributed by atoms with Crippen LogP contribution in [0.2, 0.25) is 0 Å². The van der Waals surface area contributed by atoms with Crippen LogP contribution in [0.1, 0.15) is 6.42 Å². The van der Waals surface area contributed by atoms with Gasteiger partial charge in [-0.2, -0.15) is 0 Å². The summed E-state index contributed by atoms with van der Waals surface area (Å²) in [5, 5.41) is 11.5. The van der Waals surface area contributed by atoms with Crippen LogP contribution in [-0.2, 0) is 0 Å². The summed E-state index contributed by atoms with van der Waals surface area (Å²) < 4.78 is 4.98. The van der Waals surface area contributed by atoms with E-state index in [-0.39, 0.29) is 0 Å². The number of aromatic nitrogens is 2. The van der Waals surface area contributed by atoms with Crippen LogP contribution in [0.15, 0.2) is 12.1 Å². The Hall–Kier alpha value is -1.36. The second-order valence-electron chi connectivity index (χ2n) is 4.17. The Morgan fingerprint density at radius 3 is 2.94 bits per heavy atom. The first kappa shape index (κ1) is 11.1. The SMILES string of the molecule is COc1ccc(N(C)CC2CCNC2)nn1. The summed E-state index contributed by atoms with van der Waals surface area (Å²) in [5.74, 6) is 2.17. The highest BCUT2D eigenvalue weighted by molar-refractivity contribution is 5.37. The van der Waals surface area contributed by atoms with E-state index in [1.165, 1.54) is 6.42 Å². The molecular weight excluding hydrogens is 204 g/mol. The Morgan fingerprint density at radius 2 is 2.38 bits per heavy atom. The molecule has 1 aromatic heterocycles. The van der Waals surface area contributed by atoms with Crippen LogP contribution in [0.4, 0.5) is 5.82 Å². The predicted molar refractivity (Wildman–Crippen MR) is 62.8 cm³/mol. The maximum absolute atomic E-state index is 4.98. The number of rotatable bonds is 4. The molecule has 88 valence electrons. The van der Waals surface area contributed by atoms with Crippen molar-refractivity contribution in [3.63, 3.8) is 0 Å². The molecule has 1 fully saturated rings. The maximum Gasteiger partial charge on any atom is 0.233 e. The molecule has 2 rings (SSSR count). The van der Waals surface area contributed by atoms with Crippen LogP contribution in [0.3, 0.4) is 0 Å². The van der Waals surface area contributed by atoms with Gasteiger partial charge in [0.25, 0.3) is 0 Å². The zero-order chi connectivity index (χ0) is 11.4. The molecule has 5 heteroatoms. The lowest BCUT2D eigenvalue weighted by molar-refractivity contribution is 0.392. The summed E-state index contributed by atoms with van der Waals surface area (Å²) in [4.78, 5) is 2.14. The molecule has 1 aromatic rings. The van der Waals surface area contributed by atoms with Crippen molar-refractivity contribution in [3.05, 3.63) is 12.1 Å². The minimum Gasteiger partial charge on any atom is -0.480 e. The molecule has 1 aliphatic heterocycles. The van der Waals surface area contributed by atoms with Crippen molar-refractivity contribution in [2.45, 2.75) is 6.42 Å². The molecule has 0 spiro atoms. The standard InChI is InChI=1S/C11H18N4O/c1-15(8-9-5-6-12-7-9)10-3-4-11(16-2)14-13-10/h3-4,9,12H,5-8H2,1-2H3. The van der Waals surface area contributed by atoms with Crippen LogP contribution in [0.25, 0.3) is 0 Å². The first-order valence-corrected chi connectivity index (χ1v) is 5.59. The van der Waals surface area contributed by atoms with Gasteiger partial charge in [-0.15, -0.1) is 10.2 Å². The van der Waals surface area contributed by atoms with E-state index in [9.17, 15) is 0 Å². The zero-order valence-electron chi connectivity index (χ0n) is 9.81. The van der Waals surface area contributed by atoms with Crippen molar-refractivity contribution in [1.82, 2.24) is 15.5 Å². The third kappa shape index (κ3) is 2.61. The van der Waals surface area contributed by atoms with Crippen molar-refractivity contribution in [1.29, 1.82) is 0 Å². The molecule has 0 amide bonds. The minimum atomic E-state index is 0.555. The van der Waals surface area contributed by atoms with Gasteiger partial charge >= 0.3 is 0 Å². The summed E-state index contributed by atoms with van der Waals surface area (Å²) in [6.07, 6.45) is 1.24. The van der Waals surface area contributed by atoms with Gasteiger partial charge in [0.15, 0.2) is 5.82 Å². The van der Waals surface area contributed by atoms with Gasteiger partial charge in [0.05, 0.1) is 7.11 Å². The summed E-state index contributed by atoms with van der Waals surface area (Å²) in [7, 11) is 3.65. The molecule has 1 aliphatic rings. The zero-order valence-corrected chi connectivity index (χ0v) is 9.81. The lowest BCUT2D eigenvalue weighted by Crippen LogP contribution is -2.27. The second kappa shape index (κ2) is 5.12. The predicted octanol–water partition coefficient (Wildman–Crippen LogP) is 0.531. The summed E-state index contributed by atoms with van der Waals surface area (Å²) >= 11 is 0. The first-order chi connectivity index (χ1) is 7.79. The van der Waals surface area contributed by atoms with Gasteiger partial charge < -0.3 is 15.0 Å². The largest absolute Gasteiger partial charge is 0.480 e. The fourth-order valence-corrected chi connectivity index (χ4v) is 1.98. The number of nitrogens with one attached hydrogen (secondary N) is 1. The van der Waals surface area contributed by atoms with E-state index in [1.807, 2.05) is 12.1 Å². The van der Waals surface area contributed by atoms with E-state index in [0.29, 0.717) is 11.8 Å². The second-order valence-corrected chi connectivity index (χ2v) is 4.17. The van der Waals surface area contributed by atoms with Crippen molar-refractivity contribution in [2.75, 3.05) is 38.7 Å². The van der Waals surface area contributed by atoms with Gasteiger partial charge in [0.2, 0.25) is 5.88 Å².